The van der Waals surface area contributed by atoms with Crippen LogP contribution >= 0.6 is 11.6 Å². The standard InChI is InChI=1S/C19H20ClN3O3/c1-12-21-17(20)10-18(22-12)23-7-5-19(6-8-23)11-15(24)14-4-3-13(25-2)9-16(14)26-19/h3-4,9-10H,5-8,11H2,1-2H3. The number of aryl methyl sites for hydroxylation is 1. The molecule has 26 heavy (non-hydrogen) atoms. The van der Waals surface area contributed by atoms with E-state index in [0.717, 1.165) is 31.7 Å². The summed E-state index contributed by atoms with van der Waals surface area (Å²) in [4.78, 5) is 23.4. The van der Waals surface area contributed by atoms with Crippen LogP contribution in [0.1, 0.15) is 35.4 Å². The average Bonchev–Trinajstić information content (AvgIpc) is 2.61. The minimum absolute atomic E-state index is 0.128. The molecule has 0 N–H and O–H groups in total. The van der Waals surface area contributed by atoms with Gasteiger partial charge in [0, 0.05) is 38.1 Å². The second-order valence-corrected chi connectivity index (χ2v) is 7.22. The highest BCUT2D eigenvalue weighted by Crippen LogP contribution is 2.41. The number of Topliss-reactive ketones (excluding diaryl/α,β-unsaturated/α-hetero) is 1. The second-order valence-electron chi connectivity index (χ2n) is 6.83. The molecule has 0 amide bonds. The molecule has 0 unspecified atom stereocenters. The number of fused-ring (bicyclic) bond motifs is 1. The molecule has 0 atom stereocenters. The Hall–Kier alpha value is -2.34. The van der Waals surface area contributed by atoms with Crippen molar-refractivity contribution >= 4 is 23.2 Å². The summed E-state index contributed by atoms with van der Waals surface area (Å²) in [5.74, 6) is 2.91. The first kappa shape index (κ1) is 17.1. The van der Waals surface area contributed by atoms with Crippen molar-refractivity contribution in [1.29, 1.82) is 0 Å². The summed E-state index contributed by atoms with van der Waals surface area (Å²) < 4.78 is 11.6. The maximum atomic E-state index is 12.6. The number of aromatic nitrogens is 2. The molecule has 7 heteroatoms. The van der Waals surface area contributed by atoms with Gasteiger partial charge in [-0.05, 0) is 19.1 Å². The van der Waals surface area contributed by atoms with E-state index in [-0.39, 0.29) is 5.78 Å². The highest BCUT2D eigenvalue weighted by molar-refractivity contribution is 6.29. The van der Waals surface area contributed by atoms with E-state index < -0.39 is 5.60 Å². The van der Waals surface area contributed by atoms with Gasteiger partial charge >= 0.3 is 0 Å². The summed E-state index contributed by atoms with van der Waals surface area (Å²) in [6.45, 7) is 3.33. The smallest absolute Gasteiger partial charge is 0.170 e. The summed E-state index contributed by atoms with van der Waals surface area (Å²) in [5, 5.41) is 0.443. The molecular weight excluding hydrogens is 354 g/mol. The van der Waals surface area contributed by atoms with E-state index >= 15 is 0 Å². The van der Waals surface area contributed by atoms with Crippen molar-refractivity contribution in [3.05, 3.63) is 40.8 Å². The van der Waals surface area contributed by atoms with Gasteiger partial charge in [-0.15, -0.1) is 0 Å². The minimum Gasteiger partial charge on any atom is -0.497 e. The van der Waals surface area contributed by atoms with Crippen molar-refractivity contribution in [1.82, 2.24) is 9.97 Å². The lowest BCUT2D eigenvalue weighted by Crippen LogP contribution is -2.51. The Labute approximate surface area is 157 Å². The second kappa shape index (κ2) is 6.43. The van der Waals surface area contributed by atoms with Crippen LogP contribution in [0, 0.1) is 6.92 Å². The fourth-order valence-electron chi connectivity index (χ4n) is 3.70. The molecule has 4 rings (SSSR count). The molecule has 136 valence electrons. The lowest BCUT2D eigenvalue weighted by Gasteiger charge is -2.44. The Kier molecular flexibility index (Phi) is 4.23. The van der Waals surface area contributed by atoms with Gasteiger partial charge in [0.25, 0.3) is 0 Å². The van der Waals surface area contributed by atoms with Crippen LogP contribution in [0.15, 0.2) is 24.3 Å². The van der Waals surface area contributed by atoms with Gasteiger partial charge in [0.15, 0.2) is 5.78 Å². The number of piperidine rings is 1. The number of carbonyl (C=O) groups is 1. The number of benzene rings is 1. The van der Waals surface area contributed by atoms with Crippen molar-refractivity contribution in [2.45, 2.75) is 31.8 Å². The third-order valence-corrected chi connectivity index (χ3v) is 5.28. The highest BCUT2D eigenvalue weighted by atomic mass is 35.5. The van der Waals surface area contributed by atoms with E-state index in [2.05, 4.69) is 14.9 Å². The lowest BCUT2D eigenvalue weighted by atomic mass is 9.82. The zero-order valence-corrected chi connectivity index (χ0v) is 15.5. The lowest BCUT2D eigenvalue weighted by molar-refractivity contribution is 0.0229. The first-order chi connectivity index (χ1) is 12.5. The topological polar surface area (TPSA) is 64.6 Å². The fourth-order valence-corrected chi connectivity index (χ4v) is 3.92. The minimum atomic E-state index is -0.460. The van der Waals surface area contributed by atoms with Crippen molar-refractivity contribution in [2.24, 2.45) is 0 Å². The number of ketones is 1. The molecule has 3 heterocycles. The number of methoxy groups -OCH3 is 1. The Morgan fingerprint density at radius 2 is 2.00 bits per heavy atom. The number of halogens is 1. The predicted octanol–water partition coefficient (Wildman–Crippen LogP) is 3.45. The summed E-state index contributed by atoms with van der Waals surface area (Å²) >= 11 is 6.06. The van der Waals surface area contributed by atoms with Gasteiger partial charge < -0.3 is 14.4 Å². The highest BCUT2D eigenvalue weighted by Gasteiger charge is 2.43. The largest absolute Gasteiger partial charge is 0.497 e. The van der Waals surface area contributed by atoms with Crippen LogP contribution in [0.25, 0.3) is 0 Å². The molecule has 1 saturated heterocycles. The molecule has 2 aliphatic heterocycles. The molecule has 1 aromatic heterocycles. The molecule has 6 nitrogen and oxygen atoms in total. The Balaban J connectivity index is 1.54. The fraction of sp³-hybridized carbons (Fsp3) is 0.421. The number of anilines is 1. The van der Waals surface area contributed by atoms with Crippen molar-refractivity contribution in [3.63, 3.8) is 0 Å². The molecule has 0 aliphatic carbocycles. The Morgan fingerprint density at radius 1 is 1.23 bits per heavy atom. The van der Waals surface area contributed by atoms with Crippen LogP contribution in [0.4, 0.5) is 5.82 Å². The van der Waals surface area contributed by atoms with Crippen molar-refractivity contribution in [2.75, 3.05) is 25.1 Å². The van der Waals surface area contributed by atoms with E-state index in [9.17, 15) is 4.79 Å². The average molecular weight is 374 g/mol. The maximum Gasteiger partial charge on any atom is 0.170 e. The molecule has 2 aromatic rings. The molecule has 0 bridgehead atoms. The van der Waals surface area contributed by atoms with Crippen LogP contribution in [0.3, 0.4) is 0 Å². The monoisotopic (exact) mass is 373 g/mol. The van der Waals surface area contributed by atoms with Gasteiger partial charge in [-0.3, -0.25) is 4.79 Å². The molecule has 1 fully saturated rings. The van der Waals surface area contributed by atoms with E-state index in [0.29, 0.717) is 34.5 Å². The Bertz CT molecular complexity index is 843. The molecular formula is C19H20ClN3O3. The molecule has 0 radical (unpaired) electrons. The van der Waals surface area contributed by atoms with Crippen molar-refractivity contribution < 1.29 is 14.3 Å². The first-order valence-corrected chi connectivity index (χ1v) is 9.02. The van der Waals surface area contributed by atoms with Crippen LogP contribution in [0.2, 0.25) is 5.15 Å². The van der Waals surface area contributed by atoms with E-state index in [1.807, 2.05) is 6.92 Å². The van der Waals surface area contributed by atoms with Gasteiger partial charge in [-0.1, -0.05) is 11.6 Å². The quantitative estimate of drug-likeness (QED) is 0.751. The molecule has 2 aliphatic rings. The van der Waals surface area contributed by atoms with Crippen LogP contribution in [0.5, 0.6) is 11.5 Å². The number of nitrogens with zero attached hydrogens (tertiary/aromatic N) is 3. The van der Waals surface area contributed by atoms with Gasteiger partial charge in [0.1, 0.15) is 33.9 Å². The number of rotatable bonds is 2. The molecule has 1 aromatic carbocycles. The summed E-state index contributed by atoms with van der Waals surface area (Å²) in [7, 11) is 1.61. The number of carbonyl (C=O) groups excluding carboxylic acids is 1. The molecule has 0 saturated carbocycles. The normalized spacial score (nSPS) is 18.4. The first-order valence-electron chi connectivity index (χ1n) is 8.64. The van der Waals surface area contributed by atoms with Crippen LogP contribution < -0.4 is 14.4 Å². The number of ether oxygens (including phenoxy) is 2. The maximum absolute atomic E-state index is 12.6. The van der Waals surface area contributed by atoms with Crippen LogP contribution in [-0.2, 0) is 0 Å². The third kappa shape index (κ3) is 3.09. The number of hydrogen-bond donors (Lipinski definition) is 0. The number of hydrogen-bond acceptors (Lipinski definition) is 6. The SMILES string of the molecule is COc1ccc2c(c1)OC1(CCN(c3cc(Cl)nc(C)n3)CC1)CC2=O. The van der Waals surface area contributed by atoms with Gasteiger partial charge in [0.2, 0.25) is 0 Å². The van der Waals surface area contributed by atoms with Gasteiger partial charge in [-0.2, -0.15) is 0 Å². The Morgan fingerprint density at radius 3 is 2.69 bits per heavy atom. The van der Waals surface area contributed by atoms with Gasteiger partial charge in [0.05, 0.1) is 19.1 Å². The summed E-state index contributed by atoms with van der Waals surface area (Å²) in [5.41, 5.74) is 0.177. The van der Waals surface area contributed by atoms with E-state index in [1.54, 1.807) is 31.4 Å². The zero-order chi connectivity index (χ0) is 18.3. The summed E-state index contributed by atoms with van der Waals surface area (Å²) in [6, 6.07) is 7.15. The van der Waals surface area contributed by atoms with Crippen LogP contribution in [-0.4, -0.2) is 41.6 Å². The third-order valence-electron chi connectivity index (χ3n) is 5.09. The van der Waals surface area contributed by atoms with E-state index in [1.165, 1.54) is 0 Å². The summed E-state index contributed by atoms with van der Waals surface area (Å²) in [6.07, 6.45) is 1.90. The van der Waals surface area contributed by atoms with Gasteiger partial charge in [-0.25, -0.2) is 9.97 Å². The predicted molar refractivity (Wildman–Crippen MR) is 98.5 cm³/mol. The van der Waals surface area contributed by atoms with E-state index in [4.69, 9.17) is 21.1 Å². The van der Waals surface area contributed by atoms with Crippen molar-refractivity contribution in [3.8, 4) is 11.5 Å². The molecule has 1 spiro atoms. The zero-order valence-electron chi connectivity index (χ0n) is 14.8.